The Balaban J connectivity index is 2.19. The summed E-state index contributed by atoms with van der Waals surface area (Å²) in [5.74, 6) is 0. The van der Waals surface area contributed by atoms with Crippen LogP contribution in [0.15, 0.2) is 29.5 Å². The summed E-state index contributed by atoms with van der Waals surface area (Å²) in [4.78, 5) is 2.83. The number of benzene rings is 1. The number of fused-ring (bicyclic) bond motifs is 3. The van der Waals surface area contributed by atoms with Crippen molar-refractivity contribution in [1.82, 2.24) is 9.78 Å². The Labute approximate surface area is 118 Å². The van der Waals surface area contributed by atoms with Crippen molar-refractivity contribution in [2.75, 3.05) is 0 Å². The van der Waals surface area contributed by atoms with Gasteiger partial charge in [0.05, 0.1) is 22.1 Å². The van der Waals surface area contributed by atoms with E-state index in [2.05, 4.69) is 21.2 Å². The second-order valence-electron chi connectivity index (χ2n) is 4.35. The van der Waals surface area contributed by atoms with Crippen molar-refractivity contribution < 1.29 is 0 Å². The minimum atomic E-state index is -0.141. The van der Waals surface area contributed by atoms with Gasteiger partial charge in [0.2, 0.25) is 0 Å². The Hall–Kier alpha value is -1.75. The van der Waals surface area contributed by atoms with Crippen molar-refractivity contribution in [3.8, 4) is 0 Å². The third kappa shape index (κ3) is 2.14. The molecule has 3 rings (SSSR count). The van der Waals surface area contributed by atoms with Crippen LogP contribution in [0.5, 0.6) is 0 Å². The lowest BCUT2D eigenvalue weighted by Crippen LogP contribution is -2.10. The zero-order valence-corrected chi connectivity index (χ0v) is 11.7. The number of hydrogen-bond acceptors (Lipinski definition) is 3. The van der Waals surface area contributed by atoms with Gasteiger partial charge in [-0.2, -0.15) is 5.10 Å². The topological polar surface area (TPSA) is 66.6 Å². The van der Waals surface area contributed by atoms with Crippen LogP contribution in [-0.4, -0.2) is 15.8 Å². The van der Waals surface area contributed by atoms with E-state index in [1.165, 1.54) is 0 Å². The van der Waals surface area contributed by atoms with Crippen LogP contribution in [0.25, 0.3) is 31.4 Å². The van der Waals surface area contributed by atoms with Crippen LogP contribution in [0.3, 0.4) is 0 Å². The second-order valence-corrected chi connectivity index (χ2v) is 6.06. The summed E-state index contributed by atoms with van der Waals surface area (Å²) >= 11 is 7.63. The maximum Gasteiger partial charge on any atom is 0.0941 e. The molecule has 5 nitrogen and oxygen atoms in total. The van der Waals surface area contributed by atoms with Crippen LogP contribution >= 0.6 is 22.9 Å². The fourth-order valence-corrected chi connectivity index (χ4v) is 3.33. The summed E-state index contributed by atoms with van der Waals surface area (Å²) in [6, 6.07) is 5.90. The fraction of sp³-hybridized carbons (Fsp3) is 0.250. The largest absolute Gasteiger partial charge is 0.264 e. The van der Waals surface area contributed by atoms with Gasteiger partial charge in [0.15, 0.2) is 0 Å². The van der Waals surface area contributed by atoms with Crippen LogP contribution < -0.4 is 0 Å². The lowest BCUT2D eigenvalue weighted by Gasteiger charge is -2.07. The molecule has 1 aromatic carbocycles. The van der Waals surface area contributed by atoms with Crippen LogP contribution in [0.2, 0.25) is 4.34 Å². The van der Waals surface area contributed by atoms with Gasteiger partial charge in [0.1, 0.15) is 0 Å². The first kappa shape index (κ1) is 12.3. The van der Waals surface area contributed by atoms with Crippen LogP contribution in [-0.2, 0) is 6.54 Å². The highest BCUT2D eigenvalue weighted by molar-refractivity contribution is 7.22. The van der Waals surface area contributed by atoms with E-state index in [0.717, 1.165) is 25.3 Å². The van der Waals surface area contributed by atoms with E-state index >= 15 is 0 Å². The standard InChI is InChI=1S/C12H10ClN5S/c1-7(16-17-14)6-18-12-8(5-15-18)2-3-10-9(12)4-11(13)19-10/h2-5,7H,6H2,1H3/t7-/m0/s1. The summed E-state index contributed by atoms with van der Waals surface area (Å²) in [5, 5.41) is 10.2. The molecule has 0 aliphatic heterocycles. The van der Waals surface area contributed by atoms with Crippen LogP contribution in [0.1, 0.15) is 6.92 Å². The molecule has 96 valence electrons. The molecule has 0 spiro atoms. The number of rotatable bonds is 3. The molecular formula is C12H10ClN5S. The van der Waals surface area contributed by atoms with Gasteiger partial charge in [-0.25, -0.2) is 0 Å². The molecule has 0 fully saturated rings. The highest BCUT2D eigenvalue weighted by Gasteiger charge is 2.11. The summed E-state index contributed by atoms with van der Waals surface area (Å²) < 4.78 is 3.77. The number of halogens is 1. The minimum Gasteiger partial charge on any atom is -0.264 e. The first-order valence-corrected chi connectivity index (χ1v) is 6.96. The van der Waals surface area contributed by atoms with E-state index in [9.17, 15) is 0 Å². The molecule has 0 N–H and O–H groups in total. The smallest absolute Gasteiger partial charge is 0.0941 e. The number of thiophene rings is 1. The van der Waals surface area contributed by atoms with Crippen molar-refractivity contribution in [2.24, 2.45) is 5.11 Å². The maximum atomic E-state index is 8.47. The van der Waals surface area contributed by atoms with E-state index in [4.69, 9.17) is 17.1 Å². The number of hydrogen-bond donors (Lipinski definition) is 0. The molecule has 0 bridgehead atoms. The highest BCUT2D eigenvalue weighted by atomic mass is 35.5. The molecule has 2 heterocycles. The quantitative estimate of drug-likeness (QED) is 0.395. The molecule has 7 heteroatoms. The SMILES string of the molecule is C[C@@H](Cn1ncc2ccc3sc(Cl)cc3c21)N=[N+]=[N-]. The molecule has 0 saturated heterocycles. The van der Waals surface area contributed by atoms with Crippen LogP contribution in [0.4, 0.5) is 0 Å². The highest BCUT2D eigenvalue weighted by Crippen LogP contribution is 2.34. The fourth-order valence-electron chi connectivity index (χ4n) is 2.18. The first-order valence-electron chi connectivity index (χ1n) is 5.77. The third-order valence-electron chi connectivity index (χ3n) is 2.95. The van der Waals surface area contributed by atoms with Gasteiger partial charge in [-0.1, -0.05) is 23.6 Å². The van der Waals surface area contributed by atoms with E-state index in [-0.39, 0.29) is 6.04 Å². The molecule has 0 aliphatic rings. The summed E-state index contributed by atoms with van der Waals surface area (Å²) in [7, 11) is 0. The minimum absolute atomic E-state index is 0.141. The molecule has 3 aromatic rings. The molecule has 0 saturated carbocycles. The predicted molar refractivity (Wildman–Crippen MR) is 78.7 cm³/mol. The lowest BCUT2D eigenvalue weighted by atomic mass is 10.2. The Morgan fingerprint density at radius 2 is 2.42 bits per heavy atom. The average molecular weight is 292 g/mol. The molecule has 2 aromatic heterocycles. The normalized spacial score (nSPS) is 12.7. The van der Waals surface area contributed by atoms with Gasteiger partial charge in [0, 0.05) is 26.9 Å². The van der Waals surface area contributed by atoms with Crippen molar-refractivity contribution in [2.45, 2.75) is 19.5 Å². The van der Waals surface area contributed by atoms with Gasteiger partial charge < -0.3 is 0 Å². The third-order valence-corrected chi connectivity index (χ3v) is 4.18. The lowest BCUT2D eigenvalue weighted by molar-refractivity contribution is 0.552. The van der Waals surface area contributed by atoms with Crippen molar-refractivity contribution >= 4 is 43.9 Å². The van der Waals surface area contributed by atoms with Crippen molar-refractivity contribution in [3.05, 3.63) is 39.2 Å². The Kier molecular flexibility index (Phi) is 3.06. The van der Waals surface area contributed by atoms with E-state index < -0.39 is 0 Å². The van der Waals surface area contributed by atoms with Crippen LogP contribution in [0, 0.1) is 0 Å². The summed E-state index contributed by atoms with van der Waals surface area (Å²) in [6.07, 6.45) is 1.82. The van der Waals surface area contributed by atoms with Gasteiger partial charge in [-0.05, 0) is 23.7 Å². The van der Waals surface area contributed by atoms with Crippen molar-refractivity contribution in [1.29, 1.82) is 0 Å². The van der Waals surface area contributed by atoms with E-state index in [1.807, 2.05) is 29.9 Å². The molecule has 0 radical (unpaired) electrons. The first-order chi connectivity index (χ1) is 9.19. The number of aromatic nitrogens is 2. The number of azide groups is 1. The maximum absolute atomic E-state index is 8.47. The van der Waals surface area contributed by atoms with E-state index in [1.54, 1.807) is 11.3 Å². The predicted octanol–water partition coefficient (Wildman–Crippen LogP) is 4.60. The summed E-state index contributed by atoms with van der Waals surface area (Å²) in [6.45, 7) is 2.42. The Morgan fingerprint density at radius 3 is 3.21 bits per heavy atom. The average Bonchev–Trinajstić information content (AvgIpc) is 2.92. The molecule has 0 amide bonds. The molecule has 0 aliphatic carbocycles. The molecular weight excluding hydrogens is 282 g/mol. The second kappa shape index (κ2) is 4.74. The van der Waals surface area contributed by atoms with E-state index in [0.29, 0.717) is 6.54 Å². The van der Waals surface area contributed by atoms with Gasteiger partial charge in [0.25, 0.3) is 0 Å². The number of nitrogens with zero attached hydrogens (tertiary/aromatic N) is 5. The molecule has 19 heavy (non-hydrogen) atoms. The summed E-state index contributed by atoms with van der Waals surface area (Å²) in [5.41, 5.74) is 9.51. The van der Waals surface area contributed by atoms with Crippen molar-refractivity contribution in [3.63, 3.8) is 0 Å². The monoisotopic (exact) mass is 291 g/mol. The Bertz CT molecular complexity index is 799. The van der Waals surface area contributed by atoms with Gasteiger partial charge in [-0.3, -0.25) is 4.68 Å². The Morgan fingerprint density at radius 1 is 1.58 bits per heavy atom. The zero-order valence-electron chi connectivity index (χ0n) is 10.1. The zero-order chi connectivity index (χ0) is 13.4. The van der Waals surface area contributed by atoms with Gasteiger partial charge in [-0.15, -0.1) is 11.3 Å². The molecule has 0 unspecified atom stereocenters. The van der Waals surface area contributed by atoms with Gasteiger partial charge >= 0.3 is 0 Å². The molecule has 1 atom stereocenters.